The number of ether oxygens (including phenoxy) is 1. The first-order chi connectivity index (χ1) is 12.6. The summed E-state index contributed by atoms with van der Waals surface area (Å²) in [5, 5.41) is 4.49. The first kappa shape index (κ1) is 16.9. The maximum Gasteiger partial charge on any atom is 0.272 e. The fourth-order valence-corrected chi connectivity index (χ4v) is 3.54. The lowest BCUT2D eigenvalue weighted by atomic mass is 10.2. The van der Waals surface area contributed by atoms with Gasteiger partial charge in [0, 0.05) is 47.4 Å². The highest BCUT2D eigenvalue weighted by atomic mass is 35.5. The predicted molar refractivity (Wildman–Crippen MR) is 105 cm³/mol. The summed E-state index contributed by atoms with van der Waals surface area (Å²) < 4.78 is 7.24. The van der Waals surface area contributed by atoms with Gasteiger partial charge in [-0.25, -0.2) is 0 Å². The van der Waals surface area contributed by atoms with Gasteiger partial charge in [0.25, 0.3) is 5.91 Å². The zero-order valence-electron chi connectivity index (χ0n) is 14.5. The molecule has 26 heavy (non-hydrogen) atoms. The lowest BCUT2D eigenvalue weighted by molar-refractivity contribution is 0.101. The molecule has 4 rings (SSSR count). The molecule has 2 aromatic carbocycles. The minimum Gasteiger partial charge on any atom is -0.378 e. The Kier molecular flexibility index (Phi) is 4.57. The fraction of sp³-hybridized carbons (Fsp3) is 0.250. The topological polar surface area (TPSA) is 46.5 Å². The van der Waals surface area contributed by atoms with Crippen molar-refractivity contribution in [2.45, 2.75) is 0 Å². The van der Waals surface area contributed by atoms with Gasteiger partial charge < -0.3 is 19.5 Å². The molecule has 3 aromatic rings. The SMILES string of the molecule is Cn1c(C(=O)Nc2ccc(N3CCOCC3)cc2)cc2c(Cl)cccc21. The number of aryl methyl sites for hydroxylation is 1. The third-order valence-electron chi connectivity index (χ3n) is 4.77. The normalized spacial score (nSPS) is 14.6. The second kappa shape index (κ2) is 7.02. The highest BCUT2D eigenvalue weighted by molar-refractivity contribution is 6.35. The third kappa shape index (κ3) is 3.16. The van der Waals surface area contributed by atoms with Gasteiger partial charge in [-0.15, -0.1) is 0 Å². The molecule has 1 aliphatic rings. The zero-order chi connectivity index (χ0) is 18.1. The van der Waals surface area contributed by atoms with E-state index >= 15 is 0 Å². The number of hydrogen-bond acceptors (Lipinski definition) is 3. The van der Waals surface area contributed by atoms with E-state index in [0.29, 0.717) is 10.7 Å². The largest absolute Gasteiger partial charge is 0.378 e. The van der Waals surface area contributed by atoms with E-state index in [1.807, 2.05) is 60.1 Å². The van der Waals surface area contributed by atoms with Crippen LogP contribution in [0.3, 0.4) is 0 Å². The monoisotopic (exact) mass is 369 g/mol. The highest BCUT2D eigenvalue weighted by Gasteiger charge is 2.15. The van der Waals surface area contributed by atoms with Crippen LogP contribution in [-0.2, 0) is 11.8 Å². The average molecular weight is 370 g/mol. The van der Waals surface area contributed by atoms with E-state index in [0.717, 1.165) is 48.6 Å². The average Bonchev–Trinajstić information content (AvgIpc) is 3.01. The van der Waals surface area contributed by atoms with Crippen LogP contribution in [0.4, 0.5) is 11.4 Å². The molecule has 6 heteroatoms. The first-order valence-corrected chi connectivity index (χ1v) is 8.99. The Labute approximate surface area is 157 Å². The van der Waals surface area contributed by atoms with Crippen molar-refractivity contribution in [2.75, 3.05) is 36.5 Å². The van der Waals surface area contributed by atoms with Crippen molar-refractivity contribution >= 4 is 39.8 Å². The standard InChI is InChI=1S/C20H20ClN3O2/c1-23-18-4-2-3-17(21)16(18)13-19(23)20(25)22-14-5-7-15(8-6-14)24-9-11-26-12-10-24/h2-8,13H,9-12H2,1H3,(H,22,25). The van der Waals surface area contributed by atoms with E-state index in [1.54, 1.807) is 0 Å². The van der Waals surface area contributed by atoms with Crippen LogP contribution in [0.1, 0.15) is 10.5 Å². The summed E-state index contributed by atoms with van der Waals surface area (Å²) in [6, 6.07) is 15.4. The number of nitrogens with one attached hydrogen (secondary N) is 1. The van der Waals surface area contributed by atoms with Crippen LogP contribution < -0.4 is 10.2 Å². The maximum absolute atomic E-state index is 12.7. The summed E-state index contributed by atoms with van der Waals surface area (Å²) in [7, 11) is 1.87. The summed E-state index contributed by atoms with van der Waals surface area (Å²) in [4.78, 5) is 15.0. The molecule has 1 aromatic heterocycles. The van der Waals surface area contributed by atoms with Gasteiger partial charge in [0.1, 0.15) is 5.69 Å². The van der Waals surface area contributed by atoms with Crippen molar-refractivity contribution in [3.05, 3.63) is 59.2 Å². The molecule has 1 amide bonds. The van der Waals surface area contributed by atoms with Gasteiger partial charge in [-0.2, -0.15) is 0 Å². The molecule has 1 fully saturated rings. The lowest BCUT2D eigenvalue weighted by Gasteiger charge is -2.28. The van der Waals surface area contributed by atoms with E-state index in [4.69, 9.17) is 16.3 Å². The summed E-state index contributed by atoms with van der Waals surface area (Å²) >= 11 is 6.24. The lowest BCUT2D eigenvalue weighted by Crippen LogP contribution is -2.36. The molecule has 0 saturated carbocycles. The van der Waals surface area contributed by atoms with Crippen LogP contribution in [0.2, 0.25) is 5.02 Å². The number of morpholine rings is 1. The molecule has 0 bridgehead atoms. The number of halogens is 1. The maximum atomic E-state index is 12.7. The molecular weight excluding hydrogens is 350 g/mol. The van der Waals surface area contributed by atoms with Gasteiger partial charge in [-0.05, 0) is 42.5 Å². The van der Waals surface area contributed by atoms with E-state index < -0.39 is 0 Å². The smallest absolute Gasteiger partial charge is 0.272 e. The quantitative estimate of drug-likeness (QED) is 0.761. The number of carbonyl (C=O) groups is 1. The molecule has 1 N–H and O–H groups in total. The Morgan fingerprint density at radius 3 is 2.54 bits per heavy atom. The highest BCUT2D eigenvalue weighted by Crippen LogP contribution is 2.27. The number of fused-ring (bicyclic) bond motifs is 1. The van der Waals surface area contributed by atoms with Crippen LogP contribution in [0.5, 0.6) is 0 Å². The van der Waals surface area contributed by atoms with Crippen LogP contribution >= 0.6 is 11.6 Å². The van der Waals surface area contributed by atoms with Crippen LogP contribution in [-0.4, -0.2) is 36.8 Å². The van der Waals surface area contributed by atoms with Crippen molar-refractivity contribution in [3.8, 4) is 0 Å². The van der Waals surface area contributed by atoms with Gasteiger partial charge in [0.05, 0.1) is 13.2 Å². The molecule has 0 spiro atoms. The molecule has 0 atom stereocenters. The molecule has 1 aliphatic heterocycles. The number of carbonyl (C=O) groups excluding carboxylic acids is 1. The minimum atomic E-state index is -0.154. The Morgan fingerprint density at radius 2 is 1.85 bits per heavy atom. The van der Waals surface area contributed by atoms with Gasteiger partial charge in [-0.3, -0.25) is 4.79 Å². The number of rotatable bonds is 3. The number of hydrogen-bond donors (Lipinski definition) is 1. The second-order valence-corrected chi connectivity index (χ2v) is 6.77. The Morgan fingerprint density at radius 1 is 1.12 bits per heavy atom. The zero-order valence-corrected chi connectivity index (χ0v) is 15.3. The third-order valence-corrected chi connectivity index (χ3v) is 5.10. The number of anilines is 2. The van der Waals surface area contributed by atoms with Crippen molar-refractivity contribution in [1.82, 2.24) is 4.57 Å². The molecular formula is C20H20ClN3O2. The van der Waals surface area contributed by atoms with Gasteiger partial charge in [-0.1, -0.05) is 17.7 Å². The second-order valence-electron chi connectivity index (χ2n) is 6.36. The van der Waals surface area contributed by atoms with Gasteiger partial charge >= 0.3 is 0 Å². The van der Waals surface area contributed by atoms with Gasteiger partial charge in [0.15, 0.2) is 0 Å². The summed E-state index contributed by atoms with van der Waals surface area (Å²) in [6.07, 6.45) is 0. The van der Waals surface area contributed by atoms with E-state index in [1.165, 1.54) is 0 Å². The minimum absolute atomic E-state index is 0.154. The van der Waals surface area contributed by atoms with E-state index in [-0.39, 0.29) is 5.91 Å². The Balaban J connectivity index is 1.53. The molecule has 1 saturated heterocycles. The number of benzene rings is 2. The molecule has 2 heterocycles. The first-order valence-electron chi connectivity index (χ1n) is 8.61. The van der Waals surface area contributed by atoms with Gasteiger partial charge in [0.2, 0.25) is 0 Å². The van der Waals surface area contributed by atoms with Crippen LogP contribution in [0.25, 0.3) is 10.9 Å². The summed E-state index contributed by atoms with van der Waals surface area (Å²) in [6.45, 7) is 3.29. The molecule has 5 nitrogen and oxygen atoms in total. The molecule has 0 aliphatic carbocycles. The van der Waals surface area contributed by atoms with Crippen molar-refractivity contribution < 1.29 is 9.53 Å². The fourth-order valence-electron chi connectivity index (χ4n) is 3.31. The van der Waals surface area contributed by atoms with Crippen LogP contribution in [0, 0.1) is 0 Å². The van der Waals surface area contributed by atoms with Crippen molar-refractivity contribution in [3.63, 3.8) is 0 Å². The summed E-state index contributed by atoms with van der Waals surface area (Å²) in [5.74, 6) is -0.154. The number of aromatic nitrogens is 1. The van der Waals surface area contributed by atoms with Crippen molar-refractivity contribution in [2.24, 2.45) is 7.05 Å². The number of amides is 1. The van der Waals surface area contributed by atoms with E-state index in [9.17, 15) is 4.79 Å². The predicted octanol–water partition coefficient (Wildman–Crippen LogP) is 3.92. The Bertz CT molecular complexity index is 944. The molecule has 0 radical (unpaired) electrons. The molecule has 134 valence electrons. The summed E-state index contributed by atoms with van der Waals surface area (Å²) in [5.41, 5.74) is 3.42. The van der Waals surface area contributed by atoms with Crippen LogP contribution in [0.15, 0.2) is 48.5 Å². The van der Waals surface area contributed by atoms with E-state index in [2.05, 4.69) is 10.2 Å². The number of nitrogens with zero attached hydrogens (tertiary/aromatic N) is 2. The Hall–Kier alpha value is -2.50. The molecule has 0 unspecified atom stereocenters. The van der Waals surface area contributed by atoms with Crippen molar-refractivity contribution in [1.29, 1.82) is 0 Å².